The lowest BCUT2D eigenvalue weighted by molar-refractivity contribution is 0.199. The van der Waals surface area contributed by atoms with Crippen molar-refractivity contribution in [1.82, 2.24) is 5.32 Å². The maximum atomic E-state index is 13.1. The van der Waals surface area contributed by atoms with Crippen LogP contribution in [0, 0.1) is 11.7 Å². The number of hydrogen-bond donors (Lipinski definition) is 2. The predicted molar refractivity (Wildman–Crippen MR) is 66.3 cm³/mol. The fourth-order valence-electron chi connectivity index (χ4n) is 2.47. The van der Waals surface area contributed by atoms with Gasteiger partial charge >= 0.3 is 0 Å². The smallest absolute Gasteiger partial charge is 0.123 e. The van der Waals surface area contributed by atoms with Crippen LogP contribution in [0.2, 0.25) is 0 Å². The van der Waals surface area contributed by atoms with Gasteiger partial charge < -0.3 is 10.4 Å². The molecular weight excluding hydrogens is 217 g/mol. The summed E-state index contributed by atoms with van der Waals surface area (Å²) in [6, 6.07) is 5.37. The first-order valence-electron chi connectivity index (χ1n) is 6.27. The number of hydrogen-bond acceptors (Lipinski definition) is 2. The van der Waals surface area contributed by atoms with Crippen LogP contribution >= 0.6 is 0 Å². The summed E-state index contributed by atoms with van der Waals surface area (Å²) in [5, 5.41) is 12.8. The van der Waals surface area contributed by atoms with Crippen LogP contribution < -0.4 is 5.32 Å². The molecule has 3 heteroatoms. The van der Waals surface area contributed by atoms with Crippen molar-refractivity contribution in [1.29, 1.82) is 0 Å². The number of halogens is 1. The standard InChI is InChI=1S/C14H20FNO/c1-9(2)14(8-17)16-13-6-3-10-7-11(15)4-5-12(10)13/h4-5,7,9,13-14,16-17H,3,6,8H2,1-2H3/t13?,14-/m1/s1. The van der Waals surface area contributed by atoms with Gasteiger partial charge in [0.1, 0.15) is 5.82 Å². The third kappa shape index (κ3) is 2.67. The third-order valence-corrected chi connectivity index (χ3v) is 3.60. The highest BCUT2D eigenvalue weighted by Crippen LogP contribution is 2.32. The van der Waals surface area contributed by atoms with E-state index in [4.69, 9.17) is 0 Å². The monoisotopic (exact) mass is 237 g/mol. The van der Waals surface area contributed by atoms with Crippen LogP contribution in [0.4, 0.5) is 4.39 Å². The Morgan fingerprint density at radius 1 is 1.47 bits per heavy atom. The van der Waals surface area contributed by atoms with Crippen LogP contribution in [-0.4, -0.2) is 17.8 Å². The summed E-state index contributed by atoms with van der Waals surface area (Å²) < 4.78 is 13.1. The Morgan fingerprint density at radius 3 is 2.88 bits per heavy atom. The number of fused-ring (bicyclic) bond motifs is 1. The average Bonchev–Trinajstić information content (AvgIpc) is 2.67. The maximum absolute atomic E-state index is 13.1. The molecule has 94 valence electrons. The molecule has 1 aromatic rings. The molecule has 0 spiro atoms. The molecule has 0 heterocycles. The number of aryl methyl sites for hydroxylation is 1. The fourth-order valence-corrected chi connectivity index (χ4v) is 2.47. The summed E-state index contributed by atoms with van der Waals surface area (Å²) in [6.07, 6.45) is 1.91. The summed E-state index contributed by atoms with van der Waals surface area (Å²) in [5.41, 5.74) is 2.29. The van der Waals surface area contributed by atoms with E-state index in [1.165, 1.54) is 11.6 Å². The Bertz CT molecular complexity index is 392. The minimum atomic E-state index is -0.160. The molecule has 2 atom stereocenters. The molecule has 0 saturated heterocycles. The topological polar surface area (TPSA) is 32.3 Å². The minimum Gasteiger partial charge on any atom is -0.395 e. The molecule has 0 amide bonds. The van der Waals surface area contributed by atoms with E-state index in [2.05, 4.69) is 19.2 Å². The molecule has 0 fully saturated rings. The van der Waals surface area contributed by atoms with Crippen LogP contribution in [-0.2, 0) is 6.42 Å². The lowest BCUT2D eigenvalue weighted by atomic mass is 10.0. The highest BCUT2D eigenvalue weighted by atomic mass is 19.1. The van der Waals surface area contributed by atoms with Gasteiger partial charge in [0, 0.05) is 12.1 Å². The lowest BCUT2D eigenvalue weighted by Gasteiger charge is -2.25. The first kappa shape index (κ1) is 12.5. The van der Waals surface area contributed by atoms with Crippen molar-refractivity contribution >= 4 is 0 Å². The van der Waals surface area contributed by atoms with Crippen molar-refractivity contribution in [2.24, 2.45) is 5.92 Å². The second-order valence-electron chi connectivity index (χ2n) is 5.13. The van der Waals surface area contributed by atoms with Crippen molar-refractivity contribution in [2.75, 3.05) is 6.61 Å². The molecule has 1 unspecified atom stereocenters. The first-order valence-corrected chi connectivity index (χ1v) is 6.27. The highest BCUT2D eigenvalue weighted by molar-refractivity contribution is 5.35. The average molecular weight is 237 g/mol. The van der Waals surface area contributed by atoms with Gasteiger partial charge in [0.05, 0.1) is 6.61 Å². The first-order chi connectivity index (χ1) is 8.11. The van der Waals surface area contributed by atoms with Gasteiger partial charge in [-0.15, -0.1) is 0 Å². The van der Waals surface area contributed by atoms with E-state index in [1.54, 1.807) is 6.07 Å². The summed E-state index contributed by atoms with van der Waals surface area (Å²) in [7, 11) is 0. The summed E-state index contributed by atoms with van der Waals surface area (Å²) in [4.78, 5) is 0. The minimum absolute atomic E-state index is 0.107. The van der Waals surface area contributed by atoms with Crippen molar-refractivity contribution < 1.29 is 9.50 Å². The maximum Gasteiger partial charge on any atom is 0.123 e. The van der Waals surface area contributed by atoms with Crippen LogP contribution in [0.1, 0.15) is 37.4 Å². The molecule has 1 aliphatic rings. The molecule has 0 radical (unpaired) electrons. The largest absolute Gasteiger partial charge is 0.395 e. The fraction of sp³-hybridized carbons (Fsp3) is 0.571. The van der Waals surface area contributed by atoms with Gasteiger partial charge in [-0.25, -0.2) is 4.39 Å². The molecule has 2 nitrogen and oxygen atoms in total. The molecule has 0 aromatic heterocycles. The lowest BCUT2D eigenvalue weighted by Crippen LogP contribution is -2.38. The number of aliphatic hydroxyl groups is 1. The summed E-state index contributed by atoms with van der Waals surface area (Å²) >= 11 is 0. The number of aliphatic hydroxyl groups excluding tert-OH is 1. The van der Waals surface area contributed by atoms with Crippen molar-refractivity contribution in [3.63, 3.8) is 0 Å². The molecule has 17 heavy (non-hydrogen) atoms. The molecule has 1 aliphatic carbocycles. The molecule has 2 N–H and O–H groups in total. The molecule has 0 aliphatic heterocycles. The van der Waals surface area contributed by atoms with Crippen LogP contribution in [0.15, 0.2) is 18.2 Å². The quantitative estimate of drug-likeness (QED) is 0.843. The Labute approximate surface area is 102 Å². The van der Waals surface area contributed by atoms with Crippen LogP contribution in [0.3, 0.4) is 0 Å². The SMILES string of the molecule is CC(C)[C@@H](CO)NC1CCc2cc(F)ccc21. The number of rotatable bonds is 4. The van der Waals surface area contributed by atoms with Crippen LogP contribution in [0.5, 0.6) is 0 Å². The highest BCUT2D eigenvalue weighted by Gasteiger charge is 2.25. The molecule has 0 saturated carbocycles. The van der Waals surface area contributed by atoms with Gasteiger partial charge in [0.25, 0.3) is 0 Å². The van der Waals surface area contributed by atoms with Gasteiger partial charge in [-0.1, -0.05) is 19.9 Å². The second-order valence-corrected chi connectivity index (χ2v) is 5.13. The zero-order chi connectivity index (χ0) is 12.4. The normalized spacial score (nSPS) is 20.6. The Balaban J connectivity index is 2.11. The van der Waals surface area contributed by atoms with E-state index in [1.807, 2.05) is 6.07 Å². The Kier molecular flexibility index (Phi) is 3.79. The van der Waals surface area contributed by atoms with Gasteiger partial charge in [-0.3, -0.25) is 0 Å². The number of nitrogens with one attached hydrogen (secondary N) is 1. The van der Waals surface area contributed by atoms with E-state index in [0.717, 1.165) is 18.4 Å². The van der Waals surface area contributed by atoms with Crippen molar-refractivity contribution in [3.05, 3.63) is 35.1 Å². The predicted octanol–water partition coefficient (Wildman–Crippen LogP) is 2.42. The van der Waals surface area contributed by atoms with E-state index in [9.17, 15) is 9.50 Å². The van der Waals surface area contributed by atoms with E-state index in [-0.39, 0.29) is 24.5 Å². The van der Waals surface area contributed by atoms with E-state index in [0.29, 0.717) is 5.92 Å². The van der Waals surface area contributed by atoms with E-state index >= 15 is 0 Å². The third-order valence-electron chi connectivity index (χ3n) is 3.60. The summed E-state index contributed by atoms with van der Waals surface area (Å²) in [6.45, 7) is 4.33. The van der Waals surface area contributed by atoms with Gasteiger partial charge in [-0.2, -0.15) is 0 Å². The van der Waals surface area contributed by atoms with E-state index < -0.39 is 0 Å². The van der Waals surface area contributed by atoms with Crippen molar-refractivity contribution in [2.45, 2.75) is 38.8 Å². The van der Waals surface area contributed by atoms with Gasteiger partial charge in [0.2, 0.25) is 0 Å². The zero-order valence-corrected chi connectivity index (χ0v) is 10.4. The second kappa shape index (κ2) is 5.15. The molecule has 2 rings (SSSR count). The van der Waals surface area contributed by atoms with Gasteiger partial charge in [-0.05, 0) is 42.0 Å². The van der Waals surface area contributed by atoms with Gasteiger partial charge in [0.15, 0.2) is 0 Å². The molecule has 0 bridgehead atoms. The molecule has 1 aromatic carbocycles. The van der Waals surface area contributed by atoms with Crippen LogP contribution in [0.25, 0.3) is 0 Å². The molecular formula is C14H20FNO. The van der Waals surface area contributed by atoms with Crippen molar-refractivity contribution in [3.8, 4) is 0 Å². The Morgan fingerprint density at radius 2 is 2.24 bits per heavy atom. The summed E-state index contributed by atoms with van der Waals surface area (Å²) in [5.74, 6) is 0.233. The zero-order valence-electron chi connectivity index (χ0n) is 10.4. The Hall–Kier alpha value is -0.930. The number of benzene rings is 1.